The number of hydrogen-bond acceptors (Lipinski definition) is 5. The monoisotopic (exact) mass is 237 g/mol. The van der Waals surface area contributed by atoms with E-state index in [0.29, 0.717) is 36.0 Å². The number of benzene rings is 1. The molecule has 5 heteroatoms. The third kappa shape index (κ3) is 2.19. The average Bonchev–Trinajstić information content (AvgIpc) is 2.37. The minimum Gasteiger partial charge on any atom is -0.492 e. The van der Waals surface area contributed by atoms with Crippen molar-refractivity contribution >= 4 is 5.78 Å². The molecule has 0 unspecified atom stereocenters. The Morgan fingerprint density at radius 2 is 2.18 bits per heavy atom. The minimum atomic E-state index is -0.0404. The van der Waals surface area contributed by atoms with Crippen LogP contribution >= 0.6 is 0 Å². The first-order chi connectivity index (χ1) is 8.27. The largest absolute Gasteiger partial charge is 0.492 e. The maximum Gasteiger partial charge on any atom is 0.204 e. The van der Waals surface area contributed by atoms with E-state index in [1.807, 2.05) is 0 Å². The van der Waals surface area contributed by atoms with Gasteiger partial charge in [0.2, 0.25) is 5.75 Å². The highest BCUT2D eigenvalue weighted by Crippen LogP contribution is 2.41. The molecule has 0 saturated carbocycles. The first kappa shape index (κ1) is 11.7. The van der Waals surface area contributed by atoms with Gasteiger partial charge in [0.25, 0.3) is 0 Å². The van der Waals surface area contributed by atoms with E-state index in [9.17, 15) is 4.79 Å². The van der Waals surface area contributed by atoms with Crippen LogP contribution < -0.4 is 19.5 Å². The lowest BCUT2D eigenvalue weighted by Crippen LogP contribution is -2.21. The number of fused-ring (bicyclic) bond motifs is 1. The second-order valence-corrected chi connectivity index (χ2v) is 3.62. The highest BCUT2D eigenvalue weighted by atomic mass is 16.6. The van der Waals surface area contributed by atoms with Crippen LogP contribution in [0.3, 0.4) is 0 Å². The van der Waals surface area contributed by atoms with Crippen molar-refractivity contribution in [2.45, 2.75) is 0 Å². The molecule has 0 aliphatic carbocycles. The van der Waals surface area contributed by atoms with Crippen LogP contribution in [0, 0.1) is 0 Å². The molecule has 5 nitrogen and oxygen atoms in total. The SMILES string of the molecule is CNCC(=O)c1ccc2c(c1OC)OCCO2. The Bertz CT molecular complexity index is 431. The zero-order valence-corrected chi connectivity index (χ0v) is 9.91. The van der Waals surface area contributed by atoms with Gasteiger partial charge in [0.05, 0.1) is 19.2 Å². The van der Waals surface area contributed by atoms with Crippen molar-refractivity contribution in [1.82, 2.24) is 5.32 Å². The lowest BCUT2D eigenvalue weighted by molar-refractivity contribution is 0.0988. The number of Topliss-reactive ketones (excluding diaryl/α,β-unsaturated/α-hetero) is 1. The van der Waals surface area contributed by atoms with Crippen LogP contribution in [0.25, 0.3) is 0 Å². The molecule has 0 fully saturated rings. The maximum atomic E-state index is 11.9. The van der Waals surface area contributed by atoms with Crippen molar-refractivity contribution in [3.05, 3.63) is 17.7 Å². The highest BCUT2D eigenvalue weighted by Gasteiger charge is 2.22. The van der Waals surface area contributed by atoms with Gasteiger partial charge in [0, 0.05) is 0 Å². The molecule has 1 aromatic rings. The summed E-state index contributed by atoms with van der Waals surface area (Å²) < 4.78 is 16.2. The number of hydrogen-bond donors (Lipinski definition) is 1. The van der Waals surface area contributed by atoms with Gasteiger partial charge >= 0.3 is 0 Å². The number of ketones is 1. The van der Waals surface area contributed by atoms with E-state index in [0.717, 1.165) is 0 Å². The summed E-state index contributed by atoms with van der Waals surface area (Å²) in [5.41, 5.74) is 0.506. The average molecular weight is 237 g/mol. The fourth-order valence-electron chi connectivity index (χ4n) is 1.77. The van der Waals surface area contributed by atoms with Crippen molar-refractivity contribution in [3.63, 3.8) is 0 Å². The zero-order chi connectivity index (χ0) is 12.3. The molecule has 0 spiro atoms. The van der Waals surface area contributed by atoms with Crippen molar-refractivity contribution in [2.75, 3.05) is 33.9 Å². The lowest BCUT2D eigenvalue weighted by atomic mass is 10.1. The topological polar surface area (TPSA) is 56.8 Å². The third-order valence-corrected chi connectivity index (χ3v) is 2.51. The van der Waals surface area contributed by atoms with Crippen molar-refractivity contribution in [1.29, 1.82) is 0 Å². The van der Waals surface area contributed by atoms with Crippen LogP contribution in [-0.2, 0) is 0 Å². The molecule has 2 rings (SSSR count). The first-order valence-corrected chi connectivity index (χ1v) is 5.42. The number of rotatable bonds is 4. The zero-order valence-electron chi connectivity index (χ0n) is 9.91. The van der Waals surface area contributed by atoms with Crippen LogP contribution in [-0.4, -0.2) is 39.7 Å². The van der Waals surface area contributed by atoms with Gasteiger partial charge in [-0.3, -0.25) is 4.79 Å². The summed E-state index contributed by atoms with van der Waals surface area (Å²) in [6.07, 6.45) is 0. The smallest absolute Gasteiger partial charge is 0.204 e. The van der Waals surface area contributed by atoms with E-state index in [1.165, 1.54) is 7.11 Å². The summed E-state index contributed by atoms with van der Waals surface area (Å²) in [4.78, 5) is 11.9. The van der Waals surface area contributed by atoms with E-state index in [1.54, 1.807) is 19.2 Å². The number of carbonyl (C=O) groups is 1. The highest BCUT2D eigenvalue weighted by molar-refractivity contribution is 6.01. The lowest BCUT2D eigenvalue weighted by Gasteiger charge is -2.21. The predicted octanol–water partition coefficient (Wildman–Crippen LogP) is 0.869. The van der Waals surface area contributed by atoms with Gasteiger partial charge in [-0.05, 0) is 19.2 Å². The van der Waals surface area contributed by atoms with Crippen LogP contribution in [0.5, 0.6) is 17.2 Å². The van der Waals surface area contributed by atoms with E-state index >= 15 is 0 Å². The standard InChI is InChI=1S/C12H15NO4/c1-13-7-9(14)8-3-4-10-12(11(8)15-2)17-6-5-16-10/h3-4,13H,5-7H2,1-2H3. The van der Waals surface area contributed by atoms with Crippen LogP contribution in [0.15, 0.2) is 12.1 Å². The molecule has 0 aromatic heterocycles. The Labute approximate surface area is 99.7 Å². The maximum absolute atomic E-state index is 11.9. The van der Waals surface area contributed by atoms with Gasteiger partial charge in [-0.1, -0.05) is 0 Å². The molecule has 0 atom stereocenters. The number of nitrogens with one attached hydrogen (secondary N) is 1. The third-order valence-electron chi connectivity index (χ3n) is 2.51. The fourth-order valence-corrected chi connectivity index (χ4v) is 1.77. The van der Waals surface area contributed by atoms with Crippen molar-refractivity contribution < 1.29 is 19.0 Å². The molecule has 1 aliphatic rings. The molecule has 1 heterocycles. The summed E-state index contributed by atoms with van der Waals surface area (Å²) in [5, 5.41) is 2.82. The molecule has 1 aliphatic heterocycles. The molecule has 1 N–H and O–H groups in total. The van der Waals surface area contributed by atoms with Gasteiger partial charge in [-0.15, -0.1) is 0 Å². The predicted molar refractivity (Wildman–Crippen MR) is 62.2 cm³/mol. The van der Waals surface area contributed by atoms with Crippen molar-refractivity contribution in [3.8, 4) is 17.2 Å². The molecule has 0 saturated heterocycles. The van der Waals surface area contributed by atoms with Gasteiger partial charge < -0.3 is 19.5 Å². The van der Waals surface area contributed by atoms with E-state index in [4.69, 9.17) is 14.2 Å². The van der Waals surface area contributed by atoms with Gasteiger partial charge in [-0.2, -0.15) is 0 Å². The quantitative estimate of drug-likeness (QED) is 0.787. The van der Waals surface area contributed by atoms with Crippen LogP contribution in [0.2, 0.25) is 0 Å². The number of ether oxygens (including phenoxy) is 3. The number of carbonyl (C=O) groups excluding carboxylic acids is 1. The number of methoxy groups -OCH3 is 1. The Morgan fingerprint density at radius 3 is 2.88 bits per heavy atom. The normalized spacial score (nSPS) is 13.3. The van der Waals surface area contributed by atoms with Gasteiger partial charge in [0.1, 0.15) is 13.2 Å². The summed E-state index contributed by atoms with van der Waals surface area (Å²) in [6.45, 7) is 1.24. The molecule has 0 amide bonds. The summed E-state index contributed by atoms with van der Waals surface area (Å²) in [7, 11) is 3.24. The number of likely N-dealkylation sites (N-methyl/N-ethyl adjacent to an activating group) is 1. The molecular weight excluding hydrogens is 222 g/mol. The minimum absolute atomic E-state index is 0.0404. The van der Waals surface area contributed by atoms with Gasteiger partial charge in [0.15, 0.2) is 17.3 Å². The molecule has 0 radical (unpaired) electrons. The Balaban J connectivity index is 2.43. The van der Waals surface area contributed by atoms with Gasteiger partial charge in [-0.25, -0.2) is 0 Å². The van der Waals surface area contributed by atoms with E-state index in [2.05, 4.69) is 5.32 Å². The van der Waals surface area contributed by atoms with Crippen LogP contribution in [0.1, 0.15) is 10.4 Å². The summed E-state index contributed by atoms with van der Waals surface area (Å²) >= 11 is 0. The Hall–Kier alpha value is -1.75. The fraction of sp³-hybridized carbons (Fsp3) is 0.417. The second kappa shape index (κ2) is 5.05. The molecule has 0 bridgehead atoms. The van der Waals surface area contributed by atoms with E-state index < -0.39 is 0 Å². The Morgan fingerprint density at radius 1 is 1.41 bits per heavy atom. The summed E-state index contributed by atoms with van der Waals surface area (Å²) in [6, 6.07) is 3.44. The Kier molecular flexibility index (Phi) is 3.49. The molecule has 17 heavy (non-hydrogen) atoms. The molecule has 92 valence electrons. The summed E-state index contributed by atoms with van der Waals surface area (Å²) in [5.74, 6) is 1.54. The van der Waals surface area contributed by atoms with Crippen molar-refractivity contribution in [2.24, 2.45) is 0 Å². The first-order valence-electron chi connectivity index (χ1n) is 5.42. The van der Waals surface area contributed by atoms with E-state index in [-0.39, 0.29) is 12.3 Å². The second-order valence-electron chi connectivity index (χ2n) is 3.62. The molecular formula is C12H15NO4. The molecule has 1 aromatic carbocycles. The van der Waals surface area contributed by atoms with Crippen LogP contribution in [0.4, 0.5) is 0 Å².